The van der Waals surface area contributed by atoms with Crippen LogP contribution in [0.1, 0.15) is 75.7 Å². The van der Waals surface area contributed by atoms with E-state index in [0.717, 1.165) is 12.1 Å². The molecule has 0 saturated carbocycles. The number of carbonyl (C=O) groups excluding carboxylic acids is 3. The Morgan fingerprint density at radius 3 is 2.15 bits per heavy atom. The number of aliphatic hydroxyl groups excluding tert-OH is 2. The zero-order valence-electron chi connectivity index (χ0n) is 26.7. The van der Waals surface area contributed by atoms with E-state index in [0.29, 0.717) is 38.3 Å². The fourth-order valence-electron chi connectivity index (χ4n) is 4.93. The number of rotatable bonds is 19. The van der Waals surface area contributed by atoms with E-state index in [-0.39, 0.29) is 17.0 Å². The summed E-state index contributed by atoms with van der Waals surface area (Å²) >= 11 is 0. The second-order valence-corrected chi connectivity index (χ2v) is 14.2. The molecule has 1 aromatic heterocycles. The minimum Gasteiger partial charge on any atom is -0.390 e. The highest BCUT2D eigenvalue weighted by Crippen LogP contribution is 2.18. The van der Waals surface area contributed by atoms with Crippen molar-refractivity contribution in [3.8, 4) is 0 Å². The molecule has 0 saturated heterocycles. The lowest BCUT2D eigenvalue weighted by Gasteiger charge is -2.30. The Hall–Kier alpha value is -3.49. The summed E-state index contributed by atoms with van der Waals surface area (Å²) in [5.74, 6) is -4.88. The van der Waals surface area contributed by atoms with Crippen molar-refractivity contribution in [1.29, 1.82) is 0 Å². The summed E-state index contributed by atoms with van der Waals surface area (Å²) in [5, 5.41) is 28.6. The predicted octanol–water partition coefficient (Wildman–Crippen LogP) is 2.45. The summed E-state index contributed by atoms with van der Waals surface area (Å²) in [6, 6.07) is 2.39. The highest BCUT2D eigenvalue weighted by molar-refractivity contribution is 7.92. The van der Waals surface area contributed by atoms with Gasteiger partial charge in [0.1, 0.15) is 23.8 Å². The van der Waals surface area contributed by atoms with Crippen LogP contribution in [0.25, 0.3) is 0 Å². The number of aliphatic hydroxyl groups is 2. The molecule has 256 valence electrons. The third-order valence-corrected chi connectivity index (χ3v) is 9.57. The van der Waals surface area contributed by atoms with Crippen LogP contribution in [0.15, 0.2) is 42.7 Å². The maximum Gasteiger partial charge on any atom is 0.253 e. The maximum atomic E-state index is 14.0. The van der Waals surface area contributed by atoms with Gasteiger partial charge in [-0.1, -0.05) is 40.5 Å². The molecule has 1 aromatic carbocycles. The Morgan fingerprint density at radius 1 is 0.978 bits per heavy atom. The van der Waals surface area contributed by atoms with Crippen molar-refractivity contribution in [2.24, 2.45) is 5.92 Å². The van der Waals surface area contributed by atoms with Gasteiger partial charge in [0.25, 0.3) is 5.91 Å². The van der Waals surface area contributed by atoms with Crippen LogP contribution >= 0.6 is 0 Å². The Morgan fingerprint density at radius 2 is 1.61 bits per heavy atom. The number of nitrogens with one attached hydrogen (secondary N) is 3. The third kappa shape index (κ3) is 12.7. The minimum atomic E-state index is -3.95. The van der Waals surface area contributed by atoms with Gasteiger partial charge in [-0.2, -0.15) is 0 Å². The van der Waals surface area contributed by atoms with E-state index < -0.39 is 87.3 Å². The smallest absolute Gasteiger partial charge is 0.253 e. The quantitative estimate of drug-likeness (QED) is 0.152. The molecule has 2 rings (SSSR count). The molecule has 0 aliphatic rings. The fourth-order valence-corrected chi connectivity index (χ4v) is 7.09. The van der Waals surface area contributed by atoms with Gasteiger partial charge in [-0.25, -0.2) is 17.2 Å². The molecule has 11 nitrogen and oxygen atoms in total. The summed E-state index contributed by atoms with van der Waals surface area (Å²) < 4.78 is 55.1. The van der Waals surface area contributed by atoms with Crippen LogP contribution in [0.3, 0.4) is 0 Å². The van der Waals surface area contributed by atoms with E-state index in [1.165, 1.54) is 24.5 Å². The van der Waals surface area contributed by atoms with Crippen LogP contribution in [0.2, 0.25) is 0 Å². The molecule has 14 heteroatoms. The number of halogens is 2. The van der Waals surface area contributed by atoms with E-state index in [1.54, 1.807) is 0 Å². The van der Waals surface area contributed by atoms with E-state index >= 15 is 0 Å². The molecule has 0 radical (unpaired) electrons. The molecule has 4 unspecified atom stereocenters. The minimum absolute atomic E-state index is 0.00725. The van der Waals surface area contributed by atoms with Gasteiger partial charge in [-0.05, 0) is 55.0 Å². The van der Waals surface area contributed by atoms with Crippen LogP contribution in [0.4, 0.5) is 8.78 Å². The van der Waals surface area contributed by atoms with E-state index in [1.807, 2.05) is 27.7 Å². The number of benzene rings is 1. The third-order valence-electron chi connectivity index (χ3n) is 7.29. The zero-order valence-corrected chi connectivity index (χ0v) is 27.5. The standard InChI is InChI=1S/C32H46F2N4O7S/c1-5-8-25(9-6-2)46(44,45)19-27(38-31(42)22-10-7-11-35-18-22)32(43)37-26(14-21-12-23(33)15-24(34)13-21)30(41)28(39)16-29(40)36-17-20(3)4/h7,10-13,15,18,20,25-28,30,39,41H,5-6,8-9,14,16-17,19H2,1-4H3,(H,36,40)(H,37,43)(H,38,42). The van der Waals surface area contributed by atoms with Gasteiger partial charge in [0, 0.05) is 25.0 Å². The lowest BCUT2D eigenvalue weighted by atomic mass is 9.95. The first-order valence-electron chi connectivity index (χ1n) is 15.5. The lowest BCUT2D eigenvalue weighted by Crippen LogP contribution is -2.57. The normalized spacial score (nSPS) is 14.4. The average Bonchev–Trinajstić information content (AvgIpc) is 2.98. The molecular formula is C32H46F2N4O7S. The maximum absolute atomic E-state index is 14.0. The molecule has 1 heterocycles. The summed E-state index contributed by atoms with van der Waals surface area (Å²) in [6.45, 7) is 7.72. The number of nitrogens with zero attached hydrogens (tertiary/aromatic N) is 1. The number of hydrogen-bond acceptors (Lipinski definition) is 8. The van der Waals surface area contributed by atoms with Crippen molar-refractivity contribution in [1.82, 2.24) is 20.9 Å². The van der Waals surface area contributed by atoms with Crippen LogP contribution in [0.5, 0.6) is 0 Å². The second kappa shape index (κ2) is 18.6. The van der Waals surface area contributed by atoms with Crippen LogP contribution < -0.4 is 16.0 Å². The molecule has 0 spiro atoms. The molecule has 0 bridgehead atoms. The van der Waals surface area contributed by atoms with E-state index in [2.05, 4.69) is 20.9 Å². The number of amides is 3. The van der Waals surface area contributed by atoms with E-state index in [4.69, 9.17) is 0 Å². The first-order chi connectivity index (χ1) is 21.7. The van der Waals surface area contributed by atoms with Gasteiger partial charge in [-0.3, -0.25) is 19.4 Å². The Kier molecular flexibility index (Phi) is 15.6. The molecule has 46 heavy (non-hydrogen) atoms. The van der Waals surface area contributed by atoms with Crippen molar-refractivity contribution < 1.29 is 41.8 Å². The molecule has 5 N–H and O–H groups in total. The van der Waals surface area contributed by atoms with Crippen molar-refractivity contribution >= 4 is 27.6 Å². The number of aromatic nitrogens is 1. The number of carbonyl (C=O) groups is 3. The Bertz CT molecular complexity index is 1370. The van der Waals surface area contributed by atoms with Crippen LogP contribution in [-0.2, 0) is 25.8 Å². The number of pyridine rings is 1. The molecule has 2 aromatic rings. The summed E-state index contributed by atoms with van der Waals surface area (Å²) in [7, 11) is -3.95. The fraction of sp³-hybridized carbons (Fsp3) is 0.562. The first-order valence-corrected chi connectivity index (χ1v) is 17.2. The first kappa shape index (κ1) is 38.7. The van der Waals surface area contributed by atoms with Crippen molar-refractivity contribution in [2.45, 2.75) is 95.8 Å². The van der Waals surface area contributed by atoms with Crippen LogP contribution in [0, 0.1) is 17.6 Å². The van der Waals surface area contributed by atoms with Gasteiger partial charge in [0.15, 0.2) is 9.84 Å². The molecule has 3 amide bonds. The molecule has 0 aliphatic heterocycles. The highest BCUT2D eigenvalue weighted by Gasteiger charge is 2.36. The summed E-state index contributed by atoms with van der Waals surface area (Å²) in [4.78, 5) is 43.0. The van der Waals surface area contributed by atoms with Crippen molar-refractivity contribution in [3.05, 3.63) is 65.5 Å². The number of hydrogen-bond donors (Lipinski definition) is 5. The topological polar surface area (TPSA) is 175 Å². The van der Waals surface area contributed by atoms with Gasteiger partial charge in [0.2, 0.25) is 11.8 Å². The highest BCUT2D eigenvalue weighted by atomic mass is 32.2. The van der Waals surface area contributed by atoms with Crippen LogP contribution in [-0.4, -0.2) is 83.2 Å². The Balaban J connectivity index is 2.43. The summed E-state index contributed by atoms with van der Waals surface area (Å²) in [6.07, 6.45) is -0.00589. The van der Waals surface area contributed by atoms with E-state index in [9.17, 15) is 41.8 Å². The van der Waals surface area contributed by atoms with Gasteiger partial charge in [0.05, 0.1) is 35.1 Å². The largest absolute Gasteiger partial charge is 0.390 e. The average molecular weight is 669 g/mol. The van der Waals surface area contributed by atoms with Gasteiger partial charge in [-0.15, -0.1) is 0 Å². The van der Waals surface area contributed by atoms with Crippen molar-refractivity contribution in [3.63, 3.8) is 0 Å². The number of sulfone groups is 1. The van der Waals surface area contributed by atoms with Gasteiger partial charge < -0.3 is 26.2 Å². The molecular weight excluding hydrogens is 622 g/mol. The Labute approximate surface area is 269 Å². The predicted molar refractivity (Wildman–Crippen MR) is 169 cm³/mol. The molecule has 0 fully saturated rings. The van der Waals surface area contributed by atoms with Gasteiger partial charge >= 0.3 is 0 Å². The zero-order chi connectivity index (χ0) is 34.4. The summed E-state index contributed by atoms with van der Waals surface area (Å²) in [5.41, 5.74) is 0.0684. The second-order valence-electron chi connectivity index (χ2n) is 11.9. The lowest BCUT2D eigenvalue weighted by molar-refractivity contribution is -0.127. The van der Waals surface area contributed by atoms with Crippen molar-refractivity contribution in [2.75, 3.05) is 12.3 Å². The molecule has 4 atom stereocenters. The molecule has 0 aliphatic carbocycles. The monoisotopic (exact) mass is 668 g/mol. The SMILES string of the molecule is CCCC(CCC)S(=O)(=O)CC(NC(=O)c1cccnc1)C(=O)NC(Cc1cc(F)cc(F)c1)C(O)C(O)CC(=O)NCC(C)C.